The third-order valence-corrected chi connectivity index (χ3v) is 3.13. The molecule has 0 saturated carbocycles. The molecule has 0 aromatic heterocycles. The highest BCUT2D eigenvalue weighted by atomic mass is 14.7. The monoisotopic (exact) mass is 207 g/mol. The molecule has 0 aliphatic heterocycles. The van der Waals surface area contributed by atoms with Gasteiger partial charge in [-0.1, -0.05) is 42.5 Å². The quantitative estimate of drug-likeness (QED) is 0.628. The molecule has 0 spiro atoms. The van der Waals surface area contributed by atoms with Crippen LogP contribution in [-0.4, -0.2) is 12.8 Å². The van der Waals surface area contributed by atoms with Gasteiger partial charge in [-0.05, 0) is 28.8 Å². The molecule has 1 aliphatic carbocycles. The van der Waals surface area contributed by atoms with Gasteiger partial charge in [-0.3, -0.25) is 4.99 Å². The van der Waals surface area contributed by atoms with E-state index in [1.165, 1.54) is 21.9 Å². The molecule has 0 amide bonds. The van der Waals surface area contributed by atoms with Gasteiger partial charge in [0.15, 0.2) is 0 Å². The molecule has 1 aliphatic rings. The number of rotatable bonds is 0. The van der Waals surface area contributed by atoms with Gasteiger partial charge in [0.05, 0.1) is 5.71 Å². The van der Waals surface area contributed by atoms with Crippen LogP contribution >= 0.6 is 0 Å². The molecule has 1 heteroatoms. The van der Waals surface area contributed by atoms with Crippen LogP contribution < -0.4 is 0 Å². The Kier molecular flexibility index (Phi) is 2.10. The zero-order chi connectivity index (χ0) is 11.0. The van der Waals surface area contributed by atoms with E-state index < -0.39 is 0 Å². The lowest BCUT2D eigenvalue weighted by atomic mass is 9.90. The molecule has 0 bridgehead atoms. The minimum absolute atomic E-state index is 1.01. The zero-order valence-electron chi connectivity index (χ0n) is 9.27. The molecular formula is C15H13N. The van der Waals surface area contributed by atoms with Crippen LogP contribution in [0.2, 0.25) is 0 Å². The lowest BCUT2D eigenvalue weighted by Crippen LogP contribution is -2.07. The molecule has 0 atom stereocenters. The van der Waals surface area contributed by atoms with E-state index in [2.05, 4.69) is 53.5 Å². The molecule has 2 aromatic carbocycles. The highest BCUT2D eigenvalue weighted by Gasteiger charge is 2.13. The van der Waals surface area contributed by atoms with E-state index >= 15 is 0 Å². The van der Waals surface area contributed by atoms with Crippen LogP contribution in [0.4, 0.5) is 0 Å². The molecule has 0 radical (unpaired) electrons. The summed E-state index contributed by atoms with van der Waals surface area (Å²) in [6.45, 7) is 0. The number of allylic oxidation sites excluding steroid dienone is 2. The standard InChI is InChI=1S/C15H13N/c1-16-14-8-4-6-12-10-9-11-5-2-3-7-13(11)15(12)14/h2-5,7-10H,6H2,1H3. The Bertz CT molecular complexity index is 606. The minimum atomic E-state index is 1.01. The van der Waals surface area contributed by atoms with Crippen LogP contribution in [0, 0.1) is 0 Å². The number of hydrogen-bond donors (Lipinski definition) is 0. The topological polar surface area (TPSA) is 12.4 Å². The van der Waals surface area contributed by atoms with Gasteiger partial charge in [-0.15, -0.1) is 0 Å². The average Bonchev–Trinajstić information content (AvgIpc) is 2.37. The van der Waals surface area contributed by atoms with Crippen LogP contribution in [0.15, 0.2) is 53.5 Å². The highest BCUT2D eigenvalue weighted by Crippen LogP contribution is 2.26. The van der Waals surface area contributed by atoms with E-state index in [-0.39, 0.29) is 0 Å². The van der Waals surface area contributed by atoms with E-state index in [9.17, 15) is 0 Å². The normalized spacial score (nSPS) is 16.7. The van der Waals surface area contributed by atoms with Gasteiger partial charge in [0.2, 0.25) is 0 Å². The fraction of sp³-hybridized carbons (Fsp3) is 0.133. The van der Waals surface area contributed by atoms with Crippen LogP contribution in [0.25, 0.3) is 10.8 Å². The maximum absolute atomic E-state index is 4.37. The smallest absolute Gasteiger partial charge is 0.0649 e. The molecule has 0 unspecified atom stereocenters. The van der Waals surface area contributed by atoms with E-state index in [4.69, 9.17) is 0 Å². The van der Waals surface area contributed by atoms with E-state index in [0.29, 0.717) is 0 Å². The molecule has 2 aromatic rings. The van der Waals surface area contributed by atoms with Crippen molar-refractivity contribution in [3.05, 3.63) is 59.7 Å². The average molecular weight is 207 g/mol. The molecule has 0 fully saturated rings. The second-order valence-corrected chi connectivity index (χ2v) is 4.04. The molecule has 16 heavy (non-hydrogen) atoms. The summed E-state index contributed by atoms with van der Waals surface area (Å²) in [7, 11) is 1.86. The van der Waals surface area contributed by atoms with Crippen molar-refractivity contribution in [2.24, 2.45) is 4.99 Å². The van der Waals surface area contributed by atoms with E-state index in [1.807, 2.05) is 7.05 Å². The third kappa shape index (κ3) is 1.28. The molecule has 0 heterocycles. The minimum Gasteiger partial charge on any atom is -0.288 e. The van der Waals surface area contributed by atoms with Crippen molar-refractivity contribution in [3.8, 4) is 0 Å². The second-order valence-electron chi connectivity index (χ2n) is 4.04. The zero-order valence-corrected chi connectivity index (χ0v) is 9.27. The van der Waals surface area contributed by atoms with Crippen molar-refractivity contribution < 1.29 is 0 Å². The van der Waals surface area contributed by atoms with Crippen LogP contribution in [-0.2, 0) is 6.42 Å². The van der Waals surface area contributed by atoms with Crippen molar-refractivity contribution in [2.45, 2.75) is 6.42 Å². The molecule has 3 rings (SSSR count). The fourth-order valence-corrected chi connectivity index (χ4v) is 2.36. The first kappa shape index (κ1) is 9.34. The predicted octanol–water partition coefficient (Wildman–Crippen LogP) is 3.37. The van der Waals surface area contributed by atoms with Crippen molar-refractivity contribution in [3.63, 3.8) is 0 Å². The summed E-state index contributed by atoms with van der Waals surface area (Å²) >= 11 is 0. The van der Waals surface area contributed by atoms with Crippen molar-refractivity contribution in [1.29, 1.82) is 0 Å². The van der Waals surface area contributed by atoms with Gasteiger partial charge in [0.1, 0.15) is 0 Å². The molecular weight excluding hydrogens is 194 g/mol. The van der Waals surface area contributed by atoms with Gasteiger partial charge >= 0.3 is 0 Å². The summed E-state index contributed by atoms with van der Waals surface area (Å²) in [5.74, 6) is 0. The second kappa shape index (κ2) is 3.60. The lowest BCUT2D eigenvalue weighted by Gasteiger charge is -2.15. The fourth-order valence-electron chi connectivity index (χ4n) is 2.36. The summed E-state index contributed by atoms with van der Waals surface area (Å²) in [5, 5.41) is 2.60. The molecule has 0 N–H and O–H groups in total. The van der Waals surface area contributed by atoms with Crippen molar-refractivity contribution >= 4 is 16.5 Å². The number of hydrogen-bond acceptors (Lipinski definition) is 1. The first-order chi connectivity index (χ1) is 7.90. The van der Waals surface area contributed by atoms with Gasteiger partial charge < -0.3 is 0 Å². The first-order valence-electron chi connectivity index (χ1n) is 5.54. The summed E-state index contributed by atoms with van der Waals surface area (Å²) in [5.41, 5.74) is 3.78. The summed E-state index contributed by atoms with van der Waals surface area (Å²) in [6, 6.07) is 12.9. The predicted molar refractivity (Wildman–Crippen MR) is 69.3 cm³/mol. The van der Waals surface area contributed by atoms with Gasteiger partial charge in [-0.2, -0.15) is 0 Å². The number of benzene rings is 2. The van der Waals surface area contributed by atoms with Gasteiger partial charge in [-0.25, -0.2) is 0 Å². The first-order valence-corrected chi connectivity index (χ1v) is 5.54. The van der Waals surface area contributed by atoms with E-state index in [1.54, 1.807) is 0 Å². The molecule has 0 saturated heterocycles. The lowest BCUT2D eigenvalue weighted by molar-refractivity contribution is 1.24. The number of aliphatic imine (C=N–C) groups is 1. The Morgan fingerprint density at radius 3 is 2.81 bits per heavy atom. The summed E-state index contributed by atoms with van der Waals surface area (Å²) in [6.07, 6.45) is 5.31. The molecule has 1 nitrogen and oxygen atoms in total. The Balaban J connectivity index is 2.42. The Labute approximate surface area is 95.1 Å². The van der Waals surface area contributed by atoms with Crippen LogP contribution in [0.5, 0.6) is 0 Å². The summed E-state index contributed by atoms with van der Waals surface area (Å²) in [4.78, 5) is 4.37. The Hall–Kier alpha value is -1.89. The maximum Gasteiger partial charge on any atom is 0.0649 e. The number of nitrogens with zero attached hydrogens (tertiary/aromatic N) is 1. The van der Waals surface area contributed by atoms with Crippen molar-refractivity contribution in [2.75, 3.05) is 7.05 Å². The summed E-state index contributed by atoms with van der Waals surface area (Å²) < 4.78 is 0. The van der Waals surface area contributed by atoms with Crippen LogP contribution in [0.3, 0.4) is 0 Å². The molecule has 78 valence electrons. The Morgan fingerprint density at radius 2 is 1.94 bits per heavy atom. The third-order valence-electron chi connectivity index (χ3n) is 3.13. The highest BCUT2D eigenvalue weighted by molar-refractivity contribution is 6.18. The number of fused-ring (bicyclic) bond motifs is 3. The SMILES string of the molecule is CN=C1C=CCc2ccc3ccccc3c21. The van der Waals surface area contributed by atoms with Gasteiger partial charge in [0, 0.05) is 12.6 Å². The van der Waals surface area contributed by atoms with Gasteiger partial charge in [0.25, 0.3) is 0 Å². The Morgan fingerprint density at radius 1 is 1.06 bits per heavy atom. The maximum atomic E-state index is 4.37. The van der Waals surface area contributed by atoms with Crippen LogP contribution in [0.1, 0.15) is 11.1 Å². The van der Waals surface area contributed by atoms with Crippen molar-refractivity contribution in [1.82, 2.24) is 0 Å². The van der Waals surface area contributed by atoms with E-state index in [0.717, 1.165) is 12.1 Å². The largest absolute Gasteiger partial charge is 0.288 e.